The first kappa shape index (κ1) is 8.73. The molecule has 2 atom stereocenters. The van der Waals surface area contributed by atoms with Crippen LogP contribution in [0.4, 0.5) is 0 Å². The predicted octanol–water partition coefficient (Wildman–Crippen LogP) is 1.99. The third-order valence-electron chi connectivity index (χ3n) is 2.24. The maximum Gasteiger partial charge on any atom is 0.107 e. The molecule has 1 aromatic carbocycles. The third kappa shape index (κ3) is 2.54. The average molecular weight is 178 g/mol. The van der Waals surface area contributed by atoms with Crippen molar-refractivity contribution in [3.63, 3.8) is 0 Å². The van der Waals surface area contributed by atoms with E-state index < -0.39 is 0 Å². The van der Waals surface area contributed by atoms with E-state index in [0.29, 0.717) is 12.7 Å². The van der Waals surface area contributed by atoms with Gasteiger partial charge in [0.25, 0.3) is 0 Å². The molecule has 1 unspecified atom stereocenters. The number of hydrogen-bond acceptors (Lipinski definition) is 2. The number of rotatable bonds is 4. The SMILES string of the molecule is C[C@@H](OCc1ccccc1)C1CO1. The van der Waals surface area contributed by atoms with Gasteiger partial charge in [0.05, 0.1) is 19.3 Å². The summed E-state index contributed by atoms with van der Waals surface area (Å²) in [5, 5.41) is 0. The summed E-state index contributed by atoms with van der Waals surface area (Å²) in [5.41, 5.74) is 1.22. The molecule has 0 radical (unpaired) electrons. The maximum atomic E-state index is 5.63. The van der Waals surface area contributed by atoms with Crippen LogP contribution in [0.2, 0.25) is 0 Å². The van der Waals surface area contributed by atoms with Crippen LogP contribution in [0, 0.1) is 0 Å². The summed E-state index contributed by atoms with van der Waals surface area (Å²) in [4.78, 5) is 0. The smallest absolute Gasteiger partial charge is 0.107 e. The van der Waals surface area contributed by atoms with E-state index in [1.54, 1.807) is 0 Å². The second-order valence-corrected chi connectivity index (χ2v) is 3.37. The highest BCUT2D eigenvalue weighted by Crippen LogP contribution is 2.17. The summed E-state index contributed by atoms with van der Waals surface area (Å²) < 4.78 is 10.8. The summed E-state index contributed by atoms with van der Waals surface area (Å²) in [6.45, 7) is 3.60. The third-order valence-corrected chi connectivity index (χ3v) is 2.24. The Morgan fingerprint density at radius 3 is 2.77 bits per heavy atom. The fourth-order valence-corrected chi connectivity index (χ4v) is 1.24. The van der Waals surface area contributed by atoms with Gasteiger partial charge in [-0.3, -0.25) is 0 Å². The molecule has 13 heavy (non-hydrogen) atoms. The molecule has 2 rings (SSSR count). The van der Waals surface area contributed by atoms with Crippen molar-refractivity contribution >= 4 is 0 Å². The van der Waals surface area contributed by atoms with Crippen molar-refractivity contribution in [1.29, 1.82) is 0 Å². The molecule has 2 heteroatoms. The Kier molecular flexibility index (Phi) is 2.62. The molecule has 1 heterocycles. The van der Waals surface area contributed by atoms with Gasteiger partial charge in [0, 0.05) is 0 Å². The second kappa shape index (κ2) is 3.90. The van der Waals surface area contributed by atoms with E-state index in [1.165, 1.54) is 5.56 Å². The lowest BCUT2D eigenvalue weighted by atomic mass is 10.2. The van der Waals surface area contributed by atoms with E-state index >= 15 is 0 Å². The lowest BCUT2D eigenvalue weighted by molar-refractivity contribution is 0.0340. The van der Waals surface area contributed by atoms with Crippen LogP contribution in [0.25, 0.3) is 0 Å². The minimum atomic E-state index is 0.222. The standard InChI is InChI=1S/C11H14O2/c1-9(11-8-13-11)12-7-10-5-3-2-4-6-10/h2-6,9,11H,7-8H2,1H3/t9-,11?/m1/s1. The van der Waals surface area contributed by atoms with Crippen LogP contribution in [0.15, 0.2) is 30.3 Å². The van der Waals surface area contributed by atoms with E-state index in [4.69, 9.17) is 9.47 Å². The van der Waals surface area contributed by atoms with Gasteiger partial charge in [-0.15, -0.1) is 0 Å². The lowest BCUT2D eigenvalue weighted by Gasteiger charge is -2.09. The molecule has 0 amide bonds. The molecule has 0 N–H and O–H groups in total. The van der Waals surface area contributed by atoms with Crippen LogP contribution in [0.1, 0.15) is 12.5 Å². The quantitative estimate of drug-likeness (QED) is 0.658. The number of benzene rings is 1. The van der Waals surface area contributed by atoms with Gasteiger partial charge < -0.3 is 9.47 Å². The Morgan fingerprint density at radius 1 is 1.46 bits per heavy atom. The summed E-state index contributed by atoms with van der Waals surface area (Å²) >= 11 is 0. The molecule has 1 aromatic rings. The highest BCUT2D eigenvalue weighted by atomic mass is 16.6. The first-order valence-corrected chi connectivity index (χ1v) is 4.63. The van der Waals surface area contributed by atoms with Crippen molar-refractivity contribution in [2.24, 2.45) is 0 Å². The van der Waals surface area contributed by atoms with Gasteiger partial charge in [-0.25, -0.2) is 0 Å². The zero-order valence-electron chi connectivity index (χ0n) is 7.77. The minimum Gasteiger partial charge on any atom is -0.371 e. The topological polar surface area (TPSA) is 21.8 Å². The highest BCUT2D eigenvalue weighted by Gasteiger charge is 2.29. The maximum absolute atomic E-state index is 5.63. The highest BCUT2D eigenvalue weighted by molar-refractivity contribution is 5.13. The van der Waals surface area contributed by atoms with Crippen LogP contribution >= 0.6 is 0 Å². The Hall–Kier alpha value is -0.860. The fourth-order valence-electron chi connectivity index (χ4n) is 1.24. The molecule has 1 aliphatic rings. The van der Waals surface area contributed by atoms with Crippen molar-refractivity contribution < 1.29 is 9.47 Å². The molecule has 0 bridgehead atoms. The van der Waals surface area contributed by atoms with Gasteiger partial charge in [0.2, 0.25) is 0 Å². The Bertz CT molecular complexity index is 254. The zero-order chi connectivity index (χ0) is 9.10. The Balaban J connectivity index is 1.78. The zero-order valence-corrected chi connectivity index (χ0v) is 7.77. The van der Waals surface area contributed by atoms with E-state index in [2.05, 4.69) is 19.1 Å². The van der Waals surface area contributed by atoms with Gasteiger partial charge in [-0.05, 0) is 12.5 Å². The van der Waals surface area contributed by atoms with Crippen LogP contribution in [0.5, 0.6) is 0 Å². The van der Waals surface area contributed by atoms with Crippen molar-refractivity contribution in [2.45, 2.75) is 25.7 Å². The number of hydrogen-bond donors (Lipinski definition) is 0. The fraction of sp³-hybridized carbons (Fsp3) is 0.455. The van der Waals surface area contributed by atoms with Crippen molar-refractivity contribution in [3.05, 3.63) is 35.9 Å². The molecule has 0 aliphatic carbocycles. The van der Waals surface area contributed by atoms with E-state index in [0.717, 1.165) is 6.61 Å². The first-order valence-electron chi connectivity index (χ1n) is 4.63. The Labute approximate surface area is 78.5 Å². The Morgan fingerprint density at radius 2 is 2.15 bits per heavy atom. The van der Waals surface area contributed by atoms with E-state index in [1.807, 2.05) is 18.2 Å². The van der Waals surface area contributed by atoms with Crippen molar-refractivity contribution in [1.82, 2.24) is 0 Å². The van der Waals surface area contributed by atoms with Gasteiger partial charge in [-0.2, -0.15) is 0 Å². The van der Waals surface area contributed by atoms with Crippen LogP contribution in [-0.4, -0.2) is 18.8 Å². The van der Waals surface area contributed by atoms with Gasteiger partial charge in [-0.1, -0.05) is 30.3 Å². The summed E-state index contributed by atoms with van der Waals surface area (Å²) in [6, 6.07) is 10.2. The normalized spacial score (nSPS) is 22.7. The van der Waals surface area contributed by atoms with E-state index in [9.17, 15) is 0 Å². The number of ether oxygens (including phenoxy) is 2. The van der Waals surface area contributed by atoms with Crippen molar-refractivity contribution in [3.8, 4) is 0 Å². The largest absolute Gasteiger partial charge is 0.371 e. The van der Waals surface area contributed by atoms with Crippen LogP contribution in [0.3, 0.4) is 0 Å². The average Bonchev–Trinajstić information content (AvgIpc) is 2.99. The van der Waals surface area contributed by atoms with Gasteiger partial charge in [0.15, 0.2) is 0 Å². The molecule has 1 aliphatic heterocycles. The molecular weight excluding hydrogens is 164 g/mol. The lowest BCUT2D eigenvalue weighted by Crippen LogP contribution is -2.14. The molecule has 2 nitrogen and oxygen atoms in total. The molecule has 0 saturated carbocycles. The molecule has 0 spiro atoms. The summed E-state index contributed by atoms with van der Waals surface area (Å²) in [5.74, 6) is 0. The predicted molar refractivity (Wildman–Crippen MR) is 50.4 cm³/mol. The van der Waals surface area contributed by atoms with Crippen LogP contribution in [-0.2, 0) is 16.1 Å². The monoisotopic (exact) mass is 178 g/mol. The van der Waals surface area contributed by atoms with Crippen molar-refractivity contribution in [2.75, 3.05) is 6.61 Å². The van der Waals surface area contributed by atoms with Gasteiger partial charge >= 0.3 is 0 Å². The molecule has 70 valence electrons. The summed E-state index contributed by atoms with van der Waals surface area (Å²) in [7, 11) is 0. The molecule has 1 saturated heterocycles. The number of epoxide rings is 1. The molecular formula is C11H14O2. The first-order chi connectivity index (χ1) is 6.36. The minimum absolute atomic E-state index is 0.222. The summed E-state index contributed by atoms with van der Waals surface area (Å²) in [6.07, 6.45) is 0.559. The van der Waals surface area contributed by atoms with E-state index in [-0.39, 0.29) is 6.10 Å². The van der Waals surface area contributed by atoms with Gasteiger partial charge in [0.1, 0.15) is 6.10 Å². The molecule has 0 aromatic heterocycles. The second-order valence-electron chi connectivity index (χ2n) is 3.37. The molecule has 1 fully saturated rings. The van der Waals surface area contributed by atoms with Crippen LogP contribution < -0.4 is 0 Å².